The molecule has 2 heterocycles. The number of halogens is 1. The van der Waals surface area contributed by atoms with Gasteiger partial charge < -0.3 is 37.2 Å². The molecule has 7 N–H and O–H groups in total. The van der Waals surface area contributed by atoms with E-state index in [-0.39, 0.29) is 64.0 Å². The Morgan fingerprint density at radius 3 is 0.941 bits per heavy atom. The van der Waals surface area contributed by atoms with Crippen molar-refractivity contribution in [3.8, 4) is 0 Å². The van der Waals surface area contributed by atoms with Crippen molar-refractivity contribution in [3.05, 3.63) is 0 Å². The second-order valence-corrected chi connectivity index (χ2v) is 26.1. The van der Waals surface area contributed by atoms with Crippen molar-refractivity contribution < 1.29 is 38.4 Å². The molecule has 2 saturated carbocycles. The lowest BCUT2D eigenvalue weighted by Gasteiger charge is -2.24. The number of nitrogens with zero attached hydrogens (tertiary/aromatic N) is 2. The summed E-state index contributed by atoms with van der Waals surface area (Å²) in [4.78, 5) is 93.5. The van der Waals surface area contributed by atoms with Crippen LogP contribution in [0.15, 0.2) is 0 Å². The zero-order valence-corrected chi connectivity index (χ0v) is 57.7. The van der Waals surface area contributed by atoms with Crippen molar-refractivity contribution >= 4 is 87.5 Å². The highest BCUT2D eigenvalue weighted by atomic mass is 79.9. The third-order valence-electron chi connectivity index (χ3n) is 16.8. The zero-order chi connectivity index (χ0) is 63.0. The molecule has 2 unspecified atom stereocenters. The average molecular weight is 1300 g/mol. The number of hydrogen-bond acceptors (Lipinski definition) is 10. The van der Waals surface area contributed by atoms with E-state index in [4.69, 9.17) is 11.5 Å². The molecule has 4 atom stereocenters. The predicted molar refractivity (Wildman–Crippen MR) is 362 cm³/mol. The number of alkyl halides is 1. The first-order valence-corrected chi connectivity index (χ1v) is 37.3. The van der Waals surface area contributed by atoms with Crippen LogP contribution < -0.4 is 27.4 Å². The minimum absolute atomic E-state index is 0.0255. The number of rotatable bonds is 19. The Kier molecular flexibility index (Phi) is 56.8. The molecular formula is C67H126BrN7O8S2. The standard InChI is InChI=1S/2C18H36.C15H26N4O4S.C12H20BrN3O3.C4H8OS/c2*1-2-4-6-8-10-12-14-16-18-17-15-13-11-9-7-5-3-1;1-3-11(15(16)23)19-7-10(6-14(19)22)4-5-18-13(21)9-24-8-12(20)17-2;1-2-9(12(14)19)16-7-8(5-11(16)18)3-4-15-10(17)6-13;1-2-4(5)3-6/h2*1-18H2;10-11H,3-9H2,1-2H3,(H2,16,23)(H,17,20)(H,18,21);8-9H,2-7H2,1H3,(H2,14,19)(H,15,17);6H,2-3H2,1H3/t;;10?,11-;8?,9-;/m..11./s1. The summed E-state index contributed by atoms with van der Waals surface area (Å²) in [7, 11) is 1.55. The second kappa shape index (κ2) is 58.8. The van der Waals surface area contributed by atoms with Crippen molar-refractivity contribution in [2.24, 2.45) is 23.3 Å². The molecule has 2 aliphatic carbocycles. The number of ketones is 1. The molecule has 0 bridgehead atoms. The fourth-order valence-electron chi connectivity index (χ4n) is 11.5. The number of amides is 7. The summed E-state index contributed by atoms with van der Waals surface area (Å²) in [6, 6.07) is -1.05. The van der Waals surface area contributed by atoms with Crippen LogP contribution in [0, 0.1) is 11.8 Å². The van der Waals surface area contributed by atoms with Crippen LogP contribution >= 0.6 is 40.3 Å². The minimum atomic E-state index is -0.543. The lowest BCUT2D eigenvalue weighted by molar-refractivity contribution is -0.136. The molecule has 2 saturated heterocycles. The average Bonchev–Trinajstić information content (AvgIpc) is 4.29. The second-order valence-electron chi connectivity index (χ2n) is 24.2. The largest absolute Gasteiger partial charge is 0.368 e. The highest BCUT2D eigenvalue weighted by molar-refractivity contribution is 9.09. The van der Waals surface area contributed by atoms with E-state index in [0.29, 0.717) is 70.5 Å². The maximum absolute atomic E-state index is 12.0. The number of carbonyl (C=O) groups excluding carboxylic acids is 8. The van der Waals surface area contributed by atoms with Crippen LogP contribution in [0.2, 0.25) is 0 Å². The molecule has 18 heteroatoms. The minimum Gasteiger partial charge on any atom is -0.368 e. The fraction of sp³-hybridized carbons (Fsp3) is 0.881. The molecule has 0 aromatic rings. The molecule has 7 amide bonds. The molecule has 4 aliphatic rings. The molecule has 15 nitrogen and oxygen atoms in total. The van der Waals surface area contributed by atoms with E-state index in [1.165, 1.54) is 243 Å². The Morgan fingerprint density at radius 2 is 0.741 bits per heavy atom. The monoisotopic (exact) mass is 1300 g/mol. The molecular weight excluding hydrogens is 1170 g/mol. The van der Waals surface area contributed by atoms with Crippen molar-refractivity contribution in [2.45, 2.75) is 309 Å². The van der Waals surface area contributed by atoms with Gasteiger partial charge >= 0.3 is 0 Å². The lowest BCUT2D eigenvalue weighted by Crippen LogP contribution is -2.45. The van der Waals surface area contributed by atoms with Crippen LogP contribution in [0.4, 0.5) is 0 Å². The van der Waals surface area contributed by atoms with Crippen molar-refractivity contribution in [3.63, 3.8) is 0 Å². The summed E-state index contributed by atoms with van der Waals surface area (Å²) in [6.45, 7) is 7.56. The van der Waals surface area contributed by atoms with E-state index < -0.39 is 23.9 Å². The number of hydrogen-bond donors (Lipinski definition) is 6. The predicted octanol–water partition coefficient (Wildman–Crippen LogP) is 14.0. The van der Waals surface area contributed by atoms with Gasteiger partial charge in [-0.05, 0) is 37.5 Å². The van der Waals surface area contributed by atoms with Crippen LogP contribution in [0.5, 0.6) is 0 Å². The Labute approximate surface area is 536 Å². The smallest absolute Gasteiger partial charge is 0.240 e. The van der Waals surface area contributed by atoms with Gasteiger partial charge in [-0.15, -0.1) is 11.8 Å². The van der Waals surface area contributed by atoms with Crippen LogP contribution in [-0.2, 0) is 38.4 Å². The summed E-state index contributed by atoms with van der Waals surface area (Å²) < 4.78 is 0. The number of nitrogens with two attached hydrogens (primary N) is 2. The summed E-state index contributed by atoms with van der Waals surface area (Å²) >= 11 is 8.06. The fourth-order valence-corrected chi connectivity index (χ4v) is 12.6. The van der Waals surface area contributed by atoms with Gasteiger partial charge in [0.15, 0.2) is 0 Å². The molecule has 496 valence electrons. The van der Waals surface area contributed by atoms with E-state index in [9.17, 15) is 38.4 Å². The summed E-state index contributed by atoms with van der Waals surface area (Å²) in [6.07, 6.45) is 57.9. The first-order valence-electron chi connectivity index (χ1n) is 34.4. The van der Waals surface area contributed by atoms with Gasteiger partial charge in [-0.3, -0.25) is 38.4 Å². The van der Waals surface area contributed by atoms with Gasteiger partial charge in [0.2, 0.25) is 41.4 Å². The van der Waals surface area contributed by atoms with Crippen molar-refractivity contribution in [1.82, 2.24) is 25.8 Å². The Bertz CT molecular complexity index is 1540. The molecule has 0 spiro atoms. The molecule has 85 heavy (non-hydrogen) atoms. The summed E-state index contributed by atoms with van der Waals surface area (Å²) in [5.41, 5.74) is 10.6. The number of carbonyl (C=O) groups is 8. The molecule has 2 aliphatic heterocycles. The molecule has 0 aromatic carbocycles. The molecule has 0 radical (unpaired) electrons. The van der Waals surface area contributed by atoms with E-state index in [1.54, 1.807) is 16.8 Å². The third-order valence-corrected chi connectivity index (χ3v) is 18.6. The number of likely N-dealkylation sites (tertiary alicyclic amines) is 2. The first-order chi connectivity index (χ1) is 41.2. The van der Waals surface area contributed by atoms with E-state index in [1.807, 2.05) is 20.8 Å². The van der Waals surface area contributed by atoms with Crippen molar-refractivity contribution in [1.29, 1.82) is 0 Å². The maximum atomic E-state index is 12.0. The van der Waals surface area contributed by atoms with Crippen LogP contribution in [0.25, 0.3) is 0 Å². The highest BCUT2D eigenvalue weighted by Gasteiger charge is 2.37. The van der Waals surface area contributed by atoms with Gasteiger partial charge in [-0.1, -0.05) is 268 Å². The van der Waals surface area contributed by atoms with E-state index in [0.717, 1.165) is 6.42 Å². The number of thiol groups is 1. The Balaban J connectivity index is 0.00000108. The normalized spacial score (nSPS) is 20.5. The topological polar surface area (TPSA) is 231 Å². The van der Waals surface area contributed by atoms with Crippen LogP contribution in [0.3, 0.4) is 0 Å². The lowest BCUT2D eigenvalue weighted by atomic mass is 10.0. The number of primary amides is 2. The van der Waals surface area contributed by atoms with Gasteiger partial charge in [0, 0.05) is 58.2 Å². The van der Waals surface area contributed by atoms with Gasteiger partial charge in [-0.2, -0.15) is 12.6 Å². The van der Waals surface area contributed by atoms with Gasteiger partial charge in [0.05, 0.1) is 16.8 Å². The zero-order valence-electron chi connectivity index (χ0n) is 54.4. The number of Topliss-reactive ketones (excluding diaryl/α,β-unsaturated/α-hetero) is 1. The van der Waals surface area contributed by atoms with E-state index >= 15 is 0 Å². The highest BCUT2D eigenvalue weighted by Crippen LogP contribution is 2.26. The first kappa shape index (κ1) is 82.1. The van der Waals surface area contributed by atoms with E-state index in [2.05, 4.69) is 44.5 Å². The van der Waals surface area contributed by atoms with Crippen LogP contribution in [0.1, 0.15) is 297 Å². The van der Waals surface area contributed by atoms with Gasteiger partial charge in [0.1, 0.15) is 17.9 Å². The summed E-state index contributed by atoms with van der Waals surface area (Å²) in [5.74, 6) is 0.0358. The summed E-state index contributed by atoms with van der Waals surface area (Å²) in [5, 5.41) is 8.30. The maximum Gasteiger partial charge on any atom is 0.240 e. The molecule has 4 rings (SSSR count). The van der Waals surface area contributed by atoms with Crippen LogP contribution in [-0.4, -0.2) is 125 Å². The van der Waals surface area contributed by atoms with Gasteiger partial charge in [-0.25, -0.2) is 0 Å². The number of thioether (sulfide) groups is 1. The Hall–Kier alpha value is -2.86. The Morgan fingerprint density at radius 1 is 0.482 bits per heavy atom. The molecule has 0 aromatic heterocycles. The van der Waals surface area contributed by atoms with Crippen molar-refractivity contribution in [2.75, 3.05) is 55.8 Å². The van der Waals surface area contributed by atoms with Gasteiger partial charge in [0.25, 0.3) is 0 Å². The quantitative estimate of drug-likeness (QED) is 0.0533. The SMILES string of the molecule is C1CCCCCCCCCCCCCCCCC1.C1CCCCCCCCCCCCCCCCC1.CCC(=O)CS.CC[C@H](C(N)=O)N1CC(CCNC(=O)CBr)CC1=O.CC[C@H](C(N)=O)N1CC(CCNC(=O)CSCC(=O)NC)CC1=O. The third kappa shape index (κ3) is 47.8. The molecule has 4 fully saturated rings. The number of nitrogens with one attached hydrogen (secondary N) is 3.